The van der Waals surface area contributed by atoms with Crippen LogP contribution in [0.5, 0.6) is 0 Å². The lowest BCUT2D eigenvalue weighted by Crippen LogP contribution is -2.33. The van der Waals surface area contributed by atoms with Crippen LogP contribution in [0.3, 0.4) is 0 Å². The van der Waals surface area contributed by atoms with Crippen molar-refractivity contribution in [3.8, 4) is 0 Å². The Labute approximate surface area is 92.1 Å². The van der Waals surface area contributed by atoms with E-state index >= 15 is 0 Å². The van der Waals surface area contributed by atoms with Gasteiger partial charge in [-0.2, -0.15) is 0 Å². The summed E-state index contributed by atoms with van der Waals surface area (Å²) >= 11 is 0. The second kappa shape index (κ2) is 4.49. The lowest BCUT2D eigenvalue weighted by Gasteiger charge is -2.09. The maximum Gasteiger partial charge on any atom is 0.335 e. The van der Waals surface area contributed by atoms with Gasteiger partial charge in [0, 0.05) is 12.6 Å². The van der Waals surface area contributed by atoms with Crippen molar-refractivity contribution in [2.24, 2.45) is 5.92 Å². The zero-order valence-electron chi connectivity index (χ0n) is 8.68. The van der Waals surface area contributed by atoms with E-state index in [1.807, 2.05) is 0 Å². The van der Waals surface area contributed by atoms with Crippen LogP contribution in [0.1, 0.15) is 23.2 Å². The third-order valence-corrected chi connectivity index (χ3v) is 2.60. The largest absolute Gasteiger partial charge is 0.430 e. The molecule has 0 radical (unpaired) electrons. The Kier molecular flexibility index (Phi) is 3.05. The molecule has 0 saturated heterocycles. The average Bonchev–Trinajstić information content (AvgIpc) is 3.10. The van der Waals surface area contributed by atoms with Gasteiger partial charge in [0.15, 0.2) is 0 Å². The Morgan fingerprint density at radius 2 is 2.31 bits per heavy atom. The molecule has 5 heteroatoms. The fraction of sp³-hybridized carbons (Fsp3) is 0.455. The van der Waals surface area contributed by atoms with Gasteiger partial charge in [-0.15, -0.1) is 0 Å². The summed E-state index contributed by atoms with van der Waals surface area (Å²) in [5.41, 5.74) is -0.211. The van der Waals surface area contributed by atoms with Gasteiger partial charge in [-0.25, -0.2) is 4.79 Å². The molecule has 0 spiro atoms. The van der Waals surface area contributed by atoms with Gasteiger partial charge in [-0.3, -0.25) is 4.79 Å². The van der Waals surface area contributed by atoms with Crippen LogP contribution in [0, 0.1) is 5.92 Å². The van der Waals surface area contributed by atoms with Gasteiger partial charge < -0.3 is 14.8 Å². The second-order valence-electron chi connectivity index (χ2n) is 3.96. The standard InChI is InChI=1S/C11H13NO4/c13-9(7-1-2-7)5-12-11(15)8-3-4-10(14)16-6-8/h3-4,6-7,9,13H,1-2,5H2,(H,12,15). The molecule has 0 aliphatic heterocycles. The summed E-state index contributed by atoms with van der Waals surface area (Å²) in [4.78, 5) is 22.2. The molecule has 0 bridgehead atoms. The highest BCUT2D eigenvalue weighted by Gasteiger charge is 2.29. The van der Waals surface area contributed by atoms with Crippen molar-refractivity contribution >= 4 is 5.91 Å². The van der Waals surface area contributed by atoms with Crippen molar-refractivity contribution in [1.82, 2.24) is 5.32 Å². The van der Waals surface area contributed by atoms with Crippen LogP contribution in [0.2, 0.25) is 0 Å². The summed E-state index contributed by atoms with van der Waals surface area (Å²) < 4.78 is 4.57. The van der Waals surface area contributed by atoms with E-state index in [4.69, 9.17) is 0 Å². The van der Waals surface area contributed by atoms with Gasteiger partial charge in [-0.05, 0) is 24.8 Å². The summed E-state index contributed by atoms with van der Waals surface area (Å²) in [7, 11) is 0. The average molecular weight is 223 g/mol. The highest BCUT2D eigenvalue weighted by Crippen LogP contribution is 2.32. The number of carbonyl (C=O) groups excluding carboxylic acids is 1. The molecule has 1 fully saturated rings. The topological polar surface area (TPSA) is 79.5 Å². The summed E-state index contributed by atoms with van der Waals surface area (Å²) in [5.74, 6) is -0.0162. The third-order valence-electron chi connectivity index (χ3n) is 2.60. The lowest BCUT2D eigenvalue weighted by atomic mass is 10.2. The van der Waals surface area contributed by atoms with Crippen LogP contribution in [0.15, 0.2) is 27.6 Å². The molecular formula is C11H13NO4. The normalized spacial score (nSPS) is 16.8. The van der Waals surface area contributed by atoms with Crippen LogP contribution < -0.4 is 10.9 Å². The fourth-order valence-corrected chi connectivity index (χ4v) is 1.43. The van der Waals surface area contributed by atoms with Gasteiger partial charge in [0.05, 0.1) is 11.7 Å². The molecule has 1 saturated carbocycles. The number of carbonyl (C=O) groups is 1. The summed E-state index contributed by atoms with van der Waals surface area (Å²) in [6.07, 6.45) is 2.69. The Balaban J connectivity index is 1.87. The van der Waals surface area contributed by atoms with Crippen LogP contribution in [0.25, 0.3) is 0 Å². The molecule has 1 aromatic rings. The molecule has 1 amide bonds. The first-order valence-corrected chi connectivity index (χ1v) is 5.22. The van der Waals surface area contributed by atoms with Crippen molar-refractivity contribution in [2.75, 3.05) is 6.54 Å². The SMILES string of the molecule is O=C(NCC(O)C1CC1)c1ccc(=O)oc1. The molecule has 16 heavy (non-hydrogen) atoms. The number of hydrogen-bond donors (Lipinski definition) is 2. The van der Waals surface area contributed by atoms with Gasteiger partial charge >= 0.3 is 5.63 Å². The molecular weight excluding hydrogens is 210 g/mol. The lowest BCUT2D eigenvalue weighted by molar-refractivity contribution is 0.0899. The minimum Gasteiger partial charge on any atom is -0.430 e. The smallest absolute Gasteiger partial charge is 0.335 e. The molecule has 5 nitrogen and oxygen atoms in total. The maximum atomic E-state index is 11.5. The highest BCUT2D eigenvalue weighted by molar-refractivity contribution is 5.93. The van der Waals surface area contributed by atoms with Crippen molar-refractivity contribution in [3.05, 3.63) is 34.4 Å². The van der Waals surface area contributed by atoms with Crippen LogP contribution in [-0.4, -0.2) is 23.7 Å². The molecule has 1 aliphatic rings. The first-order chi connectivity index (χ1) is 7.66. The van der Waals surface area contributed by atoms with Gasteiger partial charge in [0.2, 0.25) is 0 Å². The zero-order valence-corrected chi connectivity index (χ0v) is 8.68. The van der Waals surface area contributed by atoms with Crippen molar-refractivity contribution < 1.29 is 14.3 Å². The fourth-order valence-electron chi connectivity index (χ4n) is 1.43. The first-order valence-electron chi connectivity index (χ1n) is 5.22. The molecule has 1 heterocycles. The van der Waals surface area contributed by atoms with Crippen molar-refractivity contribution in [3.63, 3.8) is 0 Å². The van der Waals surface area contributed by atoms with Gasteiger partial charge in [0.25, 0.3) is 5.91 Å². The number of aliphatic hydroxyl groups excluding tert-OH is 1. The number of aliphatic hydroxyl groups is 1. The van der Waals surface area contributed by atoms with Crippen LogP contribution in [-0.2, 0) is 0 Å². The molecule has 1 unspecified atom stereocenters. The van der Waals surface area contributed by atoms with E-state index in [-0.39, 0.29) is 18.0 Å². The Morgan fingerprint density at radius 1 is 1.56 bits per heavy atom. The Morgan fingerprint density at radius 3 is 2.88 bits per heavy atom. The molecule has 1 atom stereocenters. The quantitative estimate of drug-likeness (QED) is 0.761. The van der Waals surface area contributed by atoms with Crippen molar-refractivity contribution in [2.45, 2.75) is 18.9 Å². The van der Waals surface area contributed by atoms with E-state index in [0.717, 1.165) is 19.1 Å². The molecule has 2 rings (SSSR count). The number of hydrogen-bond acceptors (Lipinski definition) is 4. The van der Waals surface area contributed by atoms with E-state index in [1.54, 1.807) is 0 Å². The highest BCUT2D eigenvalue weighted by atomic mass is 16.4. The summed E-state index contributed by atoms with van der Waals surface area (Å²) in [5, 5.41) is 12.1. The summed E-state index contributed by atoms with van der Waals surface area (Å²) in [6, 6.07) is 2.58. The van der Waals surface area contributed by atoms with E-state index < -0.39 is 11.7 Å². The monoisotopic (exact) mass is 223 g/mol. The number of nitrogens with one attached hydrogen (secondary N) is 1. The first kappa shape index (κ1) is 10.9. The Hall–Kier alpha value is -1.62. The van der Waals surface area contributed by atoms with E-state index in [1.165, 1.54) is 12.1 Å². The molecule has 0 aromatic carbocycles. The zero-order chi connectivity index (χ0) is 11.5. The molecule has 2 N–H and O–H groups in total. The Bertz CT molecular complexity index is 415. The number of amides is 1. The van der Waals surface area contributed by atoms with Crippen LogP contribution in [0.4, 0.5) is 0 Å². The molecule has 1 aliphatic carbocycles. The van der Waals surface area contributed by atoms with E-state index in [0.29, 0.717) is 5.92 Å². The minimum atomic E-state index is -0.491. The third kappa shape index (κ3) is 2.70. The predicted molar refractivity (Wildman–Crippen MR) is 56.0 cm³/mol. The van der Waals surface area contributed by atoms with Crippen LogP contribution >= 0.6 is 0 Å². The number of rotatable bonds is 4. The minimum absolute atomic E-state index is 0.239. The van der Waals surface area contributed by atoms with Gasteiger partial charge in [0.1, 0.15) is 6.26 Å². The van der Waals surface area contributed by atoms with E-state index in [9.17, 15) is 14.7 Å². The molecule has 1 aromatic heterocycles. The van der Waals surface area contributed by atoms with Crippen molar-refractivity contribution in [1.29, 1.82) is 0 Å². The van der Waals surface area contributed by atoms with E-state index in [2.05, 4.69) is 9.73 Å². The summed E-state index contributed by atoms with van der Waals surface area (Å²) in [6.45, 7) is 0.239. The second-order valence-corrected chi connectivity index (χ2v) is 3.96. The maximum absolute atomic E-state index is 11.5. The predicted octanol–water partition coefficient (Wildman–Crippen LogP) is 0.140. The van der Waals surface area contributed by atoms with Gasteiger partial charge in [-0.1, -0.05) is 0 Å². The molecule has 86 valence electrons.